The fourth-order valence-corrected chi connectivity index (χ4v) is 1.91. The van der Waals surface area contributed by atoms with E-state index in [4.69, 9.17) is 5.73 Å². The van der Waals surface area contributed by atoms with Crippen molar-refractivity contribution in [1.82, 2.24) is 14.4 Å². The Balaban J connectivity index is 2.84. The molecule has 0 aliphatic rings. The van der Waals surface area contributed by atoms with E-state index in [1.165, 1.54) is 0 Å². The van der Waals surface area contributed by atoms with E-state index in [2.05, 4.69) is 42.1 Å². The Kier molecular flexibility index (Phi) is 2.37. The van der Waals surface area contributed by atoms with Crippen LogP contribution in [0.5, 0.6) is 0 Å². The van der Waals surface area contributed by atoms with Crippen molar-refractivity contribution in [3.05, 3.63) is 23.9 Å². The largest absolute Gasteiger partial charge is 0.382 e. The van der Waals surface area contributed by atoms with Crippen LogP contribution in [0.3, 0.4) is 0 Å². The third-order valence-electron chi connectivity index (χ3n) is 2.66. The van der Waals surface area contributed by atoms with E-state index in [9.17, 15) is 0 Å². The number of anilines is 1. The summed E-state index contributed by atoms with van der Waals surface area (Å²) in [5.74, 6) is 1.59. The Hall–Kier alpha value is -1.58. The SMILES string of the molecule is CCc1nc(C(C)(C)C)n2ccnc(N)c12. The van der Waals surface area contributed by atoms with Gasteiger partial charge in [0.1, 0.15) is 17.2 Å². The predicted octanol–water partition coefficient (Wildman–Crippen LogP) is 2.17. The molecule has 4 heteroatoms. The Morgan fingerprint density at radius 1 is 1.38 bits per heavy atom. The average molecular weight is 218 g/mol. The smallest absolute Gasteiger partial charge is 0.149 e. The number of rotatable bonds is 1. The first-order valence-corrected chi connectivity index (χ1v) is 5.57. The van der Waals surface area contributed by atoms with Gasteiger partial charge in [-0.25, -0.2) is 9.97 Å². The van der Waals surface area contributed by atoms with E-state index in [-0.39, 0.29) is 5.41 Å². The van der Waals surface area contributed by atoms with Crippen molar-refractivity contribution < 1.29 is 0 Å². The molecular weight excluding hydrogens is 200 g/mol. The van der Waals surface area contributed by atoms with Crippen molar-refractivity contribution in [2.24, 2.45) is 0 Å². The summed E-state index contributed by atoms with van der Waals surface area (Å²) in [5, 5.41) is 0. The Morgan fingerprint density at radius 3 is 2.62 bits per heavy atom. The first-order valence-electron chi connectivity index (χ1n) is 5.57. The van der Waals surface area contributed by atoms with Crippen molar-refractivity contribution in [2.75, 3.05) is 5.73 Å². The Labute approximate surface area is 95.5 Å². The molecule has 2 N–H and O–H groups in total. The highest BCUT2D eigenvalue weighted by molar-refractivity contribution is 5.69. The van der Waals surface area contributed by atoms with Crippen molar-refractivity contribution in [1.29, 1.82) is 0 Å². The number of nitrogen functional groups attached to an aromatic ring is 1. The molecule has 86 valence electrons. The zero-order valence-corrected chi connectivity index (χ0v) is 10.3. The second-order valence-corrected chi connectivity index (χ2v) is 5.02. The number of fused-ring (bicyclic) bond motifs is 1. The zero-order valence-electron chi connectivity index (χ0n) is 10.3. The van der Waals surface area contributed by atoms with Gasteiger partial charge >= 0.3 is 0 Å². The first-order chi connectivity index (χ1) is 7.45. The molecule has 0 amide bonds. The van der Waals surface area contributed by atoms with Gasteiger partial charge in [0.15, 0.2) is 0 Å². The number of aromatic nitrogens is 3. The molecule has 0 aliphatic heterocycles. The van der Waals surface area contributed by atoms with Crippen LogP contribution in [0.4, 0.5) is 5.82 Å². The zero-order chi connectivity index (χ0) is 11.9. The van der Waals surface area contributed by atoms with Crippen molar-refractivity contribution in [3.63, 3.8) is 0 Å². The normalized spacial score (nSPS) is 12.2. The summed E-state index contributed by atoms with van der Waals surface area (Å²) in [5.41, 5.74) is 7.90. The lowest BCUT2D eigenvalue weighted by Gasteiger charge is -2.16. The molecule has 0 aliphatic carbocycles. The number of aryl methyl sites for hydroxylation is 1. The van der Waals surface area contributed by atoms with Crippen LogP contribution in [0.2, 0.25) is 0 Å². The molecule has 0 bridgehead atoms. The van der Waals surface area contributed by atoms with Gasteiger partial charge in [0, 0.05) is 17.8 Å². The number of hydrogen-bond acceptors (Lipinski definition) is 3. The molecule has 0 radical (unpaired) electrons. The van der Waals surface area contributed by atoms with Crippen LogP contribution in [0, 0.1) is 0 Å². The average Bonchev–Trinajstić information content (AvgIpc) is 2.57. The Bertz CT molecular complexity index is 520. The van der Waals surface area contributed by atoms with Crippen LogP contribution < -0.4 is 5.73 Å². The van der Waals surface area contributed by atoms with E-state index in [1.807, 2.05) is 6.20 Å². The third-order valence-corrected chi connectivity index (χ3v) is 2.66. The van der Waals surface area contributed by atoms with Crippen LogP contribution in [0.1, 0.15) is 39.2 Å². The Morgan fingerprint density at radius 2 is 2.06 bits per heavy atom. The maximum atomic E-state index is 5.92. The minimum absolute atomic E-state index is 0.00410. The fraction of sp³-hybridized carbons (Fsp3) is 0.500. The van der Waals surface area contributed by atoms with Crippen molar-refractivity contribution >= 4 is 11.3 Å². The summed E-state index contributed by atoms with van der Waals surface area (Å²) in [6, 6.07) is 0. The molecule has 16 heavy (non-hydrogen) atoms. The lowest BCUT2D eigenvalue weighted by atomic mass is 9.96. The summed E-state index contributed by atoms with van der Waals surface area (Å²) in [4.78, 5) is 8.81. The number of imidazole rings is 1. The summed E-state index contributed by atoms with van der Waals surface area (Å²) in [7, 11) is 0. The highest BCUT2D eigenvalue weighted by Gasteiger charge is 2.22. The van der Waals surface area contributed by atoms with Gasteiger partial charge in [-0.1, -0.05) is 27.7 Å². The van der Waals surface area contributed by atoms with Crippen LogP contribution in [-0.2, 0) is 11.8 Å². The molecule has 0 aromatic carbocycles. The molecule has 2 aromatic rings. The highest BCUT2D eigenvalue weighted by Crippen LogP contribution is 2.26. The van der Waals surface area contributed by atoms with E-state index in [0.29, 0.717) is 5.82 Å². The van der Waals surface area contributed by atoms with Crippen LogP contribution >= 0.6 is 0 Å². The van der Waals surface area contributed by atoms with Gasteiger partial charge < -0.3 is 5.73 Å². The molecule has 2 heterocycles. The van der Waals surface area contributed by atoms with Gasteiger partial charge in [0.25, 0.3) is 0 Å². The van der Waals surface area contributed by atoms with Gasteiger partial charge in [-0.15, -0.1) is 0 Å². The summed E-state index contributed by atoms with van der Waals surface area (Å²) < 4.78 is 2.06. The minimum Gasteiger partial charge on any atom is -0.382 e. The van der Waals surface area contributed by atoms with Gasteiger partial charge in [0.05, 0.1) is 5.69 Å². The molecule has 0 atom stereocenters. The quantitative estimate of drug-likeness (QED) is 0.798. The number of nitrogens with two attached hydrogens (primary N) is 1. The summed E-state index contributed by atoms with van der Waals surface area (Å²) >= 11 is 0. The van der Waals surface area contributed by atoms with Gasteiger partial charge in [-0.2, -0.15) is 0 Å². The molecule has 0 saturated heterocycles. The molecule has 2 aromatic heterocycles. The van der Waals surface area contributed by atoms with Crippen LogP contribution in [-0.4, -0.2) is 14.4 Å². The first kappa shape index (κ1) is 10.9. The van der Waals surface area contributed by atoms with Crippen molar-refractivity contribution in [3.8, 4) is 0 Å². The molecule has 0 unspecified atom stereocenters. The lowest BCUT2D eigenvalue weighted by molar-refractivity contribution is 0.541. The van der Waals surface area contributed by atoms with Gasteiger partial charge in [0.2, 0.25) is 0 Å². The second-order valence-electron chi connectivity index (χ2n) is 5.02. The molecular formula is C12H18N4. The molecule has 0 fully saturated rings. The third kappa shape index (κ3) is 1.54. The van der Waals surface area contributed by atoms with Gasteiger partial charge in [-0.3, -0.25) is 4.40 Å². The summed E-state index contributed by atoms with van der Waals surface area (Å²) in [6.07, 6.45) is 4.52. The monoisotopic (exact) mass is 218 g/mol. The van der Waals surface area contributed by atoms with Crippen molar-refractivity contribution in [2.45, 2.75) is 39.5 Å². The molecule has 0 spiro atoms. The summed E-state index contributed by atoms with van der Waals surface area (Å²) in [6.45, 7) is 8.54. The van der Waals surface area contributed by atoms with E-state index >= 15 is 0 Å². The maximum absolute atomic E-state index is 5.92. The van der Waals surface area contributed by atoms with Crippen LogP contribution in [0.15, 0.2) is 12.4 Å². The standard InChI is InChI=1S/C12H18N4/c1-5-8-9-10(13)14-6-7-16(9)11(15-8)12(2,3)4/h6-7H,5H2,1-4H3,(H2,13,14). The van der Waals surface area contributed by atoms with E-state index in [0.717, 1.165) is 23.5 Å². The fourth-order valence-electron chi connectivity index (χ4n) is 1.91. The maximum Gasteiger partial charge on any atom is 0.149 e. The molecule has 0 saturated carbocycles. The topological polar surface area (TPSA) is 56.2 Å². The number of hydrogen-bond donors (Lipinski definition) is 1. The number of nitrogens with zero attached hydrogens (tertiary/aromatic N) is 3. The lowest BCUT2D eigenvalue weighted by Crippen LogP contribution is -2.16. The van der Waals surface area contributed by atoms with Crippen LogP contribution in [0.25, 0.3) is 5.52 Å². The predicted molar refractivity (Wildman–Crippen MR) is 65.5 cm³/mol. The molecule has 4 nitrogen and oxygen atoms in total. The van der Waals surface area contributed by atoms with E-state index in [1.54, 1.807) is 6.20 Å². The minimum atomic E-state index is 0.00410. The van der Waals surface area contributed by atoms with Gasteiger partial charge in [-0.05, 0) is 6.42 Å². The van der Waals surface area contributed by atoms with E-state index < -0.39 is 0 Å². The second kappa shape index (κ2) is 3.47. The molecule has 2 rings (SSSR count). The highest BCUT2D eigenvalue weighted by atomic mass is 15.1.